The molecular weight excluding hydrogens is 358 g/mol. The van der Waals surface area contributed by atoms with E-state index in [1.54, 1.807) is 23.1 Å². The molecule has 0 spiro atoms. The summed E-state index contributed by atoms with van der Waals surface area (Å²) in [7, 11) is 1.53. The lowest BCUT2D eigenvalue weighted by molar-refractivity contribution is -0.134. The summed E-state index contributed by atoms with van der Waals surface area (Å²) in [5.74, 6) is 0.534. The predicted molar refractivity (Wildman–Crippen MR) is 96.6 cm³/mol. The Hall–Kier alpha value is -2.72. The molecule has 1 aliphatic heterocycles. The van der Waals surface area contributed by atoms with Crippen LogP contribution in [0.25, 0.3) is 0 Å². The van der Waals surface area contributed by atoms with Gasteiger partial charge in [0.25, 0.3) is 0 Å². The van der Waals surface area contributed by atoms with Crippen LogP contribution in [0.15, 0.2) is 24.3 Å². The van der Waals surface area contributed by atoms with Gasteiger partial charge in [-0.2, -0.15) is 0 Å². The van der Waals surface area contributed by atoms with Gasteiger partial charge in [-0.3, -0.25) is 10.1 Å². The molecule has 138 valence electrons. The van der Waals surface area contributed by atoms with Crippen LogP contribution in [0.5, 0.6) is 5.75 Å². The van der Waals surface area contributed by atoms with Gasteiger partial charge in [-0.1, -0.05) is 23.5 Å². The van der Waals surface area contributed by atoms with Crippen molar-refractivity contribution in [3.8, 4) is 5.75 Å². The van der Waals surface area contributed by atoms with Crippen molar-refractivity contribution in [3.05, 3.63) is 29.3 Å². The molecule has 0 unspecified atom stereocenters. The largest absolute Gasteiger partial charge is 0.495 e. The Morgan fingerprint density at radius 2 is 2.00 bits per heavy atom. The number of ether oxygens (including phenoxy) is 2. The highest BCUT2D eigenvalue weighted by Crippen LogP contribution is 2.23. The van der Waals surface area contributed by atoms with Crippen LogP contribution in [0, 0.1) is 0 Å². The second-order valence-electron chi connectivity index (χ2n) is 5.45. The summed E-state index contributed by atoms with van der Waals surface area (Å²) in [6.45, 7) is 2.28. The van der Waals surface area contributed by atoms with Crippen molar-refractivity contribution in [2.45, 2.75) is 6.42 Å². The van der Waals surface area contributed by atoms with Gasteiger partial charge in [0, 0.05) is 13.1 Å². The lowest BCUT2D eigenvalue weighted by Gasteiger charge is -2.26. The molecule has 1 aromatic heterocycles. The van der Waals surface area contributed by atoms with Crippen LogP contribution in [-0.4, -0.2) is 60.4 Å². The van der Waals surface area contributed by atoms with Gasteiger partial charge in [0.15, 0.2) is 0 Å². The second-order valence-corrected chi connectivity index (χ2v) is 6.51. The van der Waals surface area contributed by atoms with Gasteiger partial charge in [0.05, 0.1) is 32.4 Å². The van der Waals surface area contributed by atoms with Gasteiger partial charge in [-0.25, -0.2) is 4.79 Å². The molecule has 3 rings (SSSR count). The summed E-state index contributed by atoms with van der Waals surface area (Å²) in [6, 6.07) is 6.61. The minimum absolute atomic E-state index is 0.0190. The first-order chi connectivity index (χ1) is 12.7. The molecule has 26 heavy (non-hydrogen) atoms. The predicted octanol–water partition coefficient (Wildman–Crippen LogP) is 1.59. The number of aromatic nitrogens is 2. The van der Waals surface area contributed by atoms with Crippen LogP contribution in [-0.2, 0) is 16.0 Å². The fraction of sp³-hybridized carbons (Fsp3) is 0.375. The average Bonchev–Trinajstić information content (AvgIpc) is 3.09. The molecule has 1 fully saturated rings. The quantitative estimate of drug-likeness (QED) is 0.820. The van der Waals surface area contributed by atoms with Crippen molar-refractivity contribution in [2.24, 2.45) is 0 Å². The van der Waals surface area contributed by atoms with E-state index in [1.807, 2.05) is 6.07 Å². The van der Waals surface area contributed by atoms with Crippen molar-refractivity contribution < 1.29 is 19.1 Å². The molecule has 0 radical (unpaired) electrons. The summed E-state index contributed by atoms with van der Waals surface area (Å²) in [5.41, 5.74) is 0.541. The lowest BCUT2D eigenvalue weighted by atomic mass is 10.3. The molecule has 0 aliphatic carbocycles. The minimum atomic E-state index is -0.461. The van der Waals surface area contributed by atoms with E-state index in [0.29, 0.717) is 47.9 Å². The Balaban J connectivity index is 1.54. The van der Waals surface area contributed by atoms with Crippen molar-refractivity contribution in [1.29, 1.82) is 0 Å². The summed E-state index contributed by atoms with van der Waals surface area (Å²) < 4.78 is 10.4. The number of nitrogens with one attached hydrogen (secondary N) is 2. The maximum Gasteiger partial charge on any atom is 0.325 e. The van der Waals surface area contributed by atoms with E-state index >= 15 is 0 Å². The lowest BCUT2D eigenvalue weighted by Crippen LogP contribution is -2.41. The van der Waals surface area contributed by atoms with E-state index in [2.05, 4.69) is 20.8 Å². The summed E-state index contributed by atoms with van der Waals surface area (Å²) in [6.07, 6.45) is 0.160. The van der Waals surface area contributed by atoms with Crippen LogP contribution in [0.3, 0.4) is 0 Å². The molecule has 2 N–H and O–H groups in total. The van der Waals surface area contributed by atoms with Crippen LogP contribution in [0.4, 0.5) is 15.6 Å². The summed E-state index contributed by atoms with van der Waals surface area (Å²) in [4.78, 5) is 26.0. The number of anilines is 2. The topological polar surface area (TPSA) is 106 Å². The van der Waals surface area contributed by atoms with E-state index in [-0.39, 0.29) is 12.3 Å². The normalized spacial score (nSPS) is 14.0. The highest BCUT2D eigenvalue weighted by molar-refractivity contribution is 7.15. The minimum Gasteiger partial charge on any atom is -0.495 e. The first kappa shape index (κ1) is 18.1. The number of para-hydroxylation sites is 2. The standard InChI is InChI=1S/C16H19N5O4S/c1-24-12-5-3-2-4-11(12)17-15(23)18-16-20-19-13(26-16)10-14(22)21-6-8-25-9-7-21/h2-5H,6-10H2,1H3,(H2,17,18,20,23). The second kappa shape index (κ2) is 8.59. The Morgan fingerprint density at radius 1 is 1.23 bits per heavy atom. The number of urea groups is 1. The zero-order chi connectivity index (χ0) is 18.4. The van der Waals surface area contributed by atoms with Crippen LogP contribution < -0.4 is 15.4 Å². The van der Waals surface area contributed by atoms with E-state index in [9.17, 15) is 9.59 Å². The van der Waals surface area contributed by atoms with E-state index in [4.69, 9.17) is 9.47 Å². The van der Waals surface area contributed by atoms with Crippen molar-refractivity contribution in [2.75, 3.05) is 44.0 Å². The summed E-state index contributed by atoms with van der Waals surface area (Å²) >= 11 is 1.17. The smallest absolute Gasteiger partial charge is 0.325 e. The third-order valence-electron chi connectivity index (χ3n) is 3.71. The Bertz CT molecular complexity index is 776. The number of nitrogens with zero attached hydrogens (tertiary/aromatic N) is 3. The van der Waals surface area contributed by atoms with E-state index in [1.165, 1.54) is 18.4 Å². The van der Waals surface area contributed by atoms with Gasteiger partial charge < -0.3 is 19.7 Å². The Kier molecular flexibility index (Phi) is 5.97. The maximum absolute atomic E-state index is 12.2. The zero-order valence-electron chi connectivity index (χ0n) is 14.2. The fourth-order valence-electron chi connectivity index (χ4n) is 2.43. The molecule has 1 aromatic carbocycles. The average molecular weight is 377 g/mol. The number of morpholine rings is 1. The zero-order valence-corrected chi connectivity index (χ0v) is 15.0. The molecule has 0 atom stereocenters. The first-order valence-electron chi connectivity index (χ1n) is 8.04. The van der Waals surface area contributed by atoms with Crippen LogP contribution >= 0.6 is 11.3 Å². The molecular formula is C16H19N5O4S. The number of hydrogen-bond donors (Lipinski definition) is 2. The third kappa shape index (κ3) is 4.67. The van der Waals surface area contributed by atoms with E-state index < -0.39 is 6.03 Å². The summed E-state index contributed by atoms with van der Waals surface area (Å²) in [5, 5.41) is 14.0. The number of rotatable bonds is 5. The molecule has 0 saturated carbocycles. The number of hydrogen-bond acceptors (Lipinski definition) is 7. The molecule has 3 amide bonds. The number of carbonyl (C=O) groups is 2. The molecule has 0 bridgehead atoms. The van der Waals surface area contributed by atoms with Gasteiger partial charge in [0.1, 0.15) is 10.8 Å². The Labute approximate surface area is 154 Å². The van der Waals surface area contributed by atoms with E-state index in [0.717, 1.165) is 0 Å². The van der Waals surface area contributed by atoms with Crippen LogP contribution in [0.2, 0.25) is 0 Å². The maximum atomic E-state index is 12.2. The Morgan fingerprint density at radius 3 is 2.77 bits per heavy atom. The van der Waals surface area contributed by atoms with Crippen molar-refractivity contribution >= 4 is 34.1 Å². The highest BCUT2D eigenvalue weighted by Gasteiger charge is 2.19. The SMILES string of the molecule is COc1ccccc1NC(=O)Nc1nnc(CC(=O)N2CCOCC2)s1. The molecule has 9 nitrogen and oxygen atoms in total. The molecule has 1 saturated heterocycles. The van der Waals surface area contributed by atoms with Crippen LogP contribution in [0.1, 0.15) is 5.01 Å². The number of amides is 3. The number of methoxy groups -OCH3 is 1. The van der Waals surface area contributed by atoms with Gasteiger partial charge in [-0.15, -0.1) is 10.2 Å². The highest BCUT2D eigenvalue weighted by atomic mass is 32.1. The molecule has 10 heteroatoms. The monoisotopic (exact) mass is 377 g/mol. The van der Waals surface area contributed by atoms with Gasteiger partial charge >= 0.3 is 6.03 Å². The van der Waals surface area contributed by atoms with Crippen molar-refractivity contribution in [1.82, 2.24) is 15.1 Å². The number of benzene rings is 1. The molecule has 2 heterocycles. The molecule has 2 aromatic rings. The van der Waals surface area contributed by atoms with Crippen molar-refractivity contribution in [3.63, 3.8) is 0 Å². The van der Waals surface area contributed by atoms with Gasteiger partial charge in [0.2, 0.25) is 11.0 Å². The third-order valence-corrected chi connectivity index (χ3v) is 4.55. The fourth-order valence-corrected chi connectivity index (χ4v) is 3.15. The number of carbonyl (C=O) groups excluding carboxylic acids is 2. The molecule has 1 aliphatic rings. The first-order valence-corrected chi connectivity index (χ1v) is 8.86. The van der Waals surface area contributed by atoms with Gasteiger partial charge in [-0.05, 0) is 12.1 Å².